The molecule has 3 aromatic rings. The van der Waals surface area contributed by atoms with Crippen LogP contribution in [0.4, 0.5) is 5.82 Å². The van der Waals surface area contributed by atoms with Gasteiger partial charge in [0, 0.05) is 23.7 Å². The van der Waals surface area contributed by atoms with E-state index in [0.717, 1.165) is 12.4 Å². The zero-order chi connectivity index (χ0) is 15.1. The third-order valence-corrected chi connectivity index (χ3v) is 4.39. The normalized spacial score (nSPS) is 17.0. The number of fused-ring (bicyclic) bond motifs is 2. The highest BCUT2D eigenvalue weighted by Gasteiger charge is 2.25. The summed E-state index contributed by atoms with van der Waals surface area (Å²) in [7, 11) is 0. The molecule has 0 bridgehead atoms. The molecular formula is C19H19N3. The molecule has 3 nitrogen and oxygen atoms in total. The van der Waals surface area contributed by atoms with Crippen LogP contribution in [0, 0.1) is 0 Å². The Morgan fingerprint density at radius 3 is 2.77 bits per heavy atom. The predicted molar refractivity (Wildman–Crippen MR) is 91.1 cm³/mol. The van der Waals surface area contributed by atoms with Gasteiger partial charge in [0.2, 0.25) is 0 Å². The van der Waals surface area contributed by atoms with E-state index >= 15 is 0 Å². The second kappa shape index (κ2) is 5.02. The maximum Gasteiger partial charge on any atom is 0.132 e. The van der Waals surface area contributed by atoms with Gasteiger partial charge in [-0.1, -0.05) is 48.5 Å². The number of hydrogen-bond acceptors (Lipinski definition) is 2. The maximum atomic E-state index is 4.53. The average Bonchev–Trinajstić information content (AvgIpc) is 2.96. The molecule has 0 aliphatic carbocycles. The van der Waals surface area contributed by atoms with Crippen LogP contribution >= 0.6 is 0 Å². The number of allylic oxidation sites excluding steroid dienone is 2. The Bertz CT molecular complexity index is 868. The van der Waals surface area contributed by atoms with Crippen molar-refractivity contribution in [1.82, 2.24) is 9.78 Å². The van der Waals surface area contributed by atoms with E-state index in [9.17, 15) is 0 Å². The Kier molecular flexibility index (Phi) is 3.00. The van der Waals surface area contributed by atoms with Crippen molar-refractivity contribution in [1.29, 1.82) is 0 Å². The van der Waals surface area contributed by atoms with Gasteiger partial charge in [0.05, 0.1) is 6.20 Å². The Morgan fingerprint density at radius 2 is 1.91 bits per heavy atom. The van der Waals surface area contributed by atoms with E-state index in [2.05, 4.69) is 72.8 Å². The molecule has 0 amide bonds. The molecule has 0 spiro atoms. The molecule has 0 fully saturated rings. The number of nitrogens with one attached hydrogen (secondary N) is 1. The van der Waals surface area contributed by atoms with E-state index in [1.54, 1.807) is 0 Å². The summed E-state index contributed by atoms with van der Waals surface area (Å²) in [5.41, 5.74) is 3.78. The molecule has 0 saturated carbocycles. The van der Waals surface area contributed by atoms with Gasteiger partial charge >= 0.3 is 0 Å². The number of hydrogen-bond donors (Lipinski definition) is 1. The summed E-state index contributed by atoms with van der Waals surface area (Å²) in [6.07, 6.45) is 4.30. The van der Waals surface area contributed by atoms with Crippen LogP contribution in [0.1, 0.15) is 30.9 Å². The van der Waals surface area contributed by atoms with E-state index < -0.39 is 0 Å². The first-order chi connectivity index (χ1) is 10.8. The van der Waals surface area contributed by atoms with Crippen LogP contribution in [0.5, 0.6) is 0 Å². The minimum Gasteiger partial charge on any atom is -0.344 e. The van der Waals surface area contributed by atoms with Crippen molar-refractivity contribution < 1.29 is 0 Å². The minimum absolute atomic E-state index is 0.252. The van der Waals surface area contributed by atoms with Crippen LogP contribution < -0.4 is 5.32 Å². The van der Waals surface area contributed by atoms with E-state index in [1.807, 2.05) is 10.9 Å². The lowest BCUT2D eigenvalue weighted by Gasteiger charge is -2.24. The fourth-order valence-corrected chi connectivity index (χ4v) is 3.35. The molecule has 0 saturated heterocycles. The van der Waals surface area contributed by atoms with Gasteiger partial charge in [0.1, 0.15) is 5.82 Å². The van der Waals surface area contributed by atoms with Crippen LogP contribution in [0.3, 0.4) is 0 Å². The second-order valence-electron chi connectivity index (χ2n) is 5.79. The number of anilines is 1. The van der Waals surface area contributed by atoms with Gasteiger partial charge in [-0.15, -0.1) is 0 Å². The standard InChI is InChI=1S/C19H19N3/c1-3-22-19-18(12-20-22)17(11-13(2)21-19)16-10-6-8-14-7-4-5-9-15(14)16/h4-12,17,21H,3H2,1-2H3. The molecule has 1 aliphatic rings. The fraction of sp³-hybridized carbons (Fsp3) is 0.211. The topological polar surface area (TPSA) is 29.9 Å². The summed E-state index contributed by atoms with van der Waals surface area (Å²) in [6.45, 7) is 5.11. The minimum atomic E-state index is 0.252. The van der Waals surface area contributed by atoms with Gasteiger partial charge < -0.3 is 5.32 Å². The first-order valence-electron chi connectivity index (χ1n) is 7.76. The molecule has 1 atom stereocenters. The van der Waals surface area contributed by atoms with Gasteiger partial charge in [0.15, 0.2) is 0 Å². The Balaban J connectivity index is 1.94. The van der Waals surface area contributed by atoms with Crippen molar-refractivity contribution in [3.05, 3.63) is 71.6 Å². The lowest BCUT2D eigenvalue weighted by molar-refractivity contribution is 0.665. The van der Waals surface area contributed by atoms with E-state index in [1.165, 1.54) is 27.6 Å². The lowest BCUT2D eigenvalue weighted by Crippen LogP contribution is -2.14. The Hall–Kier alpha value is -2.55. The van der Waals surface area contributed by atoms with Crippen LogP contribution in [0.2, 0.25) is 0 Å². The van der Waals surface area contributed by atoms with Crippen LogP contribution in [-0.4, -0.2) is 9.78 Å². The van der Waals surface area contributed by atoms with Crippen molar-refractivity contribution in [2.45, 2.75) is 26.3 Å². The first-order valence-corrected chi connectivity index (χ1v) is 7.76. The van der Waals surface area contributed by atoms with Crippen LogP contribution in [0.15, 0.2) is 60.4 Å². The van der Waals surface area contributed by atoms with Crippen molar-refractivity contribution in [3.63, 3.8) is 0 Å². The zero-order valence-corrected chi connectivity index (χ0v) is 12.9. The molecule has 4 rings (SSSR count). The van der Waals surface area contributed by atoms with Crippen molar-refractivity contribution in [3.8, 4) is 0 Å². The highest BCUT2D eigenvalue weighted by molar-refractivity contribution is 5.87. The molecule has 1 unspecified atom stereocenters. The van der Waals surface area contributed by atoms with E-state index in [0.29, 0.717) is 0 Å². The summed E-state index contributed by atoms with van der Waals surface area (Å²) in [6, 6.07) is 15.1. The molecule has 22 heavy (non-hydrogen) atoms. The van der Waals surface area contributed by atoms with Crippen LogP contribution in [0.25, 0.3) is 10.8 Å². The molecule has 2 aromatic carbocycles. The zero-order valence-electron chi connectivity index (χ0n) is 12.9. The van der Waals surface area contributed by atoms with Gasteiger partial charge in [-0.2, -0.15) is 5.10 Å². The Morgan fingerprint density at radius 1 is 1.09 bits per heavy atom. The van der Waals surface area contributed by atoms with Crippen LogP contribution in [-0.2, 0) is 6.54 Å². The summed E-state index contributed by atoms with van der Waals surface area (Å²) < 4.78 is 2.03. The van der Waals surface area contributed by atoms with Crippen molar-refractivity contribution in [2.24, 2.45) is 0 Å². The third-order valence-electron chi connectivity index (χ3n) is 4.39. The van der Waals surface area contributed by atoms with Gasteiger partial charge in [-0.05, 0) is 30.2 Å². The maximum absolute atomic E-state index is 4.53. The number of benzene rings is 2. The summed E-state index contributed by atoms with van der Waals surface area (Å²) in [5, 5.41) is 10.6. The van der Waals surface area contributed by atoms with Crippen molar-refractivity contribution >= 4 is 16.6 Å². The average molecular weight is 289 g/mol. The number of aryl methyl sites for hydroxylation is 1. The third kappa shape index (κ3) is 1.93. The first kappa shape index (κ1) is 13.1. The lowest BCUT2D eigenvalue weighted by atomic mass is 9.87. The molecule has 1 aromatic heterocycles. The largest absolute Gasteiger partial charge is 0.344 e. The van der Waals surface area contributed by atoms with Gasteiger partial charge in [-0.3, -0.25) is 0 Å². The Labute approximate surface area is 130 Å². The van der Waals surface area contributed by atoms with Crippen molar-refractivity contribution in [2.75, 3.05) is 5.32 Å². The number of nitrogens with zero attached hydrogens (tertiary/aromatic N) is 2. The molecule has 2 heterocycles. The molecule has 0 radical (unpaired) electrons. The fourth-order valence-electron chi connectivity index (χ4n) is 3.35. The van der Waals surface area contributed by atoms with Gasteiger partial charge in [-0.25, -0.2) is 4.68 Å². The summed E-state index contributed by atoms with van der Waals surface area (Å²) >= 11 is 0. The van der Waals surface area contributed by atoms with Gasteiger partial charge in [0.25, 0.3) is 0 Å². The quantitative estimate of drug-likeness (QED) is 0.752. The summed E-state index contributed by atoms with van der Waals surface area (Å²) in [5.74, 6) is 1.38. The number of aromatic nitrogens is 2. The number of rotatable bonds is 2. The van der Waals surface area contributed by atoms with E-state index in [4.69, 9.17) is 0 Å². The molecule has 110 valence electrons. The molecular weight excluding hydrogens is 270 g/mol. The highest BCUT2D eigenvalue weighted by Crippen LogP contribution is 2.39. The predicted octanol–water partition coefficient (Wildman–Crippen LogP) is 4.52. The molecule has 1 aliphatic heterocycles. The SMILES string of the molecule is CCn1ncc2c1NC(C)=CC2c1cccc2ccccc12. The second-order valence-corrected chi connectivity index (χ2v) is 5.79. The smallest absolute Gasteiger partial charge is 0.132 e. The summed E-state index contributed by atoms with van der Waals surface area (Å²) in [4.78, 5) is 0. The molecule has 3 heteroatoms. The molecule has 1 N–H and O–H groups in total. The van der Waals surface area contributed by atoms with E-state index in [-0.39, 0.29) is 5.92 Å². The monoisotopic (exact) mass is 289 g/mol. The highest BCUT2D eigenvalue weighted by atomic mass is 15.3.